The van der Waals surface area contributed by atoms with Crippen molar-refractivity contribution < 1.29 is 0 Å². The number of hydrogen-bond donors (Lipinski definition) is 1. The van der Waals surface area contributed by atoms with Crippen LogP contribution in [0.15, 0.2) is 24.3 Å². The highest BCUT2D eigenvalue weighted by molar-refractivity contribution is 7.15. The van der Waals surface area contributed by atoms with E-state index in [9.17, 15) is 0 Å². The van der Waals surface area contributed by atoms with Crippen LogP contribution in [0.5, 0.6) is 0 Å². The molecule has 0 saturated heterocycles. The highest BCUT2D eigenvalue weighted by Crippen LogP contribution is 2.41. The Morgan fingerprint density at radius 1 is 1.30 bits per heavy atom. The zero-order chi connectivity index (χ0) is 14.1. The summed E-state index contributed by atoms with van der Waals surface area (Å²) in [6, 6.07) is 9.40. The fourth-order valence-electron chi connectivity index (χ4n) is 2.65. The van der Waals surface area contributed by atoms with Crippen LogP contribution >= 0.6 is 11.3 Å². The first-order valence-electron chi connectivity index (χ1n) is 7.50. The van der Waals surface area contributed by atoms with Crippen molar-refractivity contribution in [2.24, 2.45) is 0 Å². The van der Waals surface area contributed by atoms with E-state index in [-0.39, 0.29) is 0 Å². The molecule has 0 amide bonds. The van der Waals surface area contributed by atoms with Crippen LogP contribution in [0.3, 0.4) is 0 Å². The lowest BCUT2D eigenvalue weighted by molar-refractivity contribution is 0.603. The second kappa shape index (κ2) is 5.66. The third kappa shape index (κ3) is 2.79. The van der Waals surface area contributed by atoms with Crippen LogP contribution in [-0.4, -0.2) is 11.5 Å². The molecule has 1 aliphatic rings. The van der Waals surface area contributed by atoms with Gasteiger partial charge in [0, 0.05) is 16.5 Å². The molecule has 1 aliphatic carbocycles. The fourth-order valence-corrected chi connectivity index (χ4v) is 3.75. The van der Waals surface area contributed by atoms with E-state index in [2.05, 4.69) is 50.4 Å². The van der Waals surface area contributed by atoms with E-state index in [4.69, 9.17) is 4.98 Å². The first-order chi connectivity index (χ1) is 9.69. The Kier molecular flexibility index (Phi) is 3.90. The van der Waals surface area contributed by atoms with E-state index in [1.54, 1.807) is 0 Å². The minimum absolute atomic E-state index is 0.386. The largest absolute Gasteiger partial charge is 0.310 e. The number of rotatable bonds is 5. The monoisotopic (exact) mass is 286 g/mol. The Hall–Kier alpha value is -1.19. The second-order valence-corrected chi connectivity index (χ2v) is 6.67. The fraction of sp³-hybridized carbons (Fsp3) is 0.471. The van der Waals surface area contributed by atoms with Gasteiger partial charge in [0.2, 0.25) is 0 Å². The average Bonchev–Trinajstić information content (AvgIpc) is 3.22. The molecule has 106 valence electrons. The predicted molar refractivity (Wildman–Crippen MR) is 86.4 cm³/mol. The van der Waals surface area contributed by atoms with Gasteiger partial charge in [0.15, 0.2) is 0 Å². The summed E-state index contributed by atoms with van der Waals surface area (Å²) in [6.45, 7) is 7.46. The summed E-state index contributed by atoms with van der Waals surface area (Å²) in [5, 5.41) is 4.61. The number of aryl methyl sites for hydroxylation is 1. The summed E-state index contributed by atoms with van der Waals surface area (Å²) in [4.78, 5) is 6.11. The minimum Gasteiger partial charge on any atom is -0.310 e. The SMILES string of the molecule is CCNC(C)c1sc(-c2ccc(C3CC3)cc2)nc1C. The van der Waals surface area contributed by atoms with E-state index >= 15 is 0 Å². The first kappa shape index (κ1) is 13.8. The Morgan fingerprint density at radius 2 is 2.00 bits per heavy atom. The summed E-state index contributed by atoms with van der Waals surface area (Å²) in [6.07, 6.45) is 2.72. The van der Waals surface area contributed by atoms with Crippen LogP contribution in [-0.2, 0) is 0 Å². The minimum atomic E-state index is 0.386. The number of thiazole rings is 1. The van der Waals surface area contributed by atoms with Gasteiger partial charge < -0.3 is 5.32 Å². The van der Waals surface area contributed by atoms with Crippen LogP contribution in [0.2, 0.25) is 0 Å². The maximum atomic E-state index is 4.75. The lowest BCUT2D eigenvalue weighted by Crippen LogP contribution is -2.17. The molecule has 1 N–H and O–H groups in total. The third-order valence-corrected chi connectivity index (χ3v) is 5.33. The van der Waals surface area contributed by atoms with E-state index in [1.807, 2.05) is 11.3 Å². The Balaban J connectivity index is 1.84. The van der Waals surface area contributed by atoms with Crippen molar-refractivity contribution >= 4 is 11.3 Å². The van der Waals surface area contributed by atoms with Gasteiger partial charge in [-0.3, -0.25) is 0 Å². The number of nitrogens with one attached hydrogen (secondary N) is 1. The second-order valence-electron chi connectivity index (χ2n) is 5.64. The molecule has 3 rings (SSSR count). The predicted octanol–water partition coefficient (Wildman–Crippen LogP) is 4.67. The molecule has 0 bridgehead atoms. The summed E-state index contributed by atoms with van der Waals surface area (Å²) in [5.41, 5.74) is 3.89. The molecule has 2 nitrogen and oxygen atoms in total. The summed E-state index contributed by atoms with van der Waals surface area (Å²) in [5.74, 6) is 0.825. The molecule has 3 heteroatoms. The number of aromatic nitrogens is 1. The highest BCUT2D eigenvalue weighted by atomic mass is 32.1. The molecule has 2 aromatic rings. The molecule has 0 aliphatic heterocycles. The van der Waals surface area contributed by atoms with E-state index in [0.29, 0.717) is 6.04 Å². The average molecular weight is 286 g/mol. The maximum absolute atomic E-state index is 4.75. The first-order valence-corrected chi connectivity index (χ1v) is 8.31. The Bertz CT molecular complexity index is 582. The lowest BCUT2D eigenvalue weighted by Gasteiger charge is -2.09. The van der Waals surface area contributed by atoms with Crippen molar-refractivity contribution in [3.63, 3.8) is 0 Å². The van der Waals surface area contributed by atoms with Gasteiger partial charge in [-0.25, -0.2) is 4.98 Å². The van der Waals surface area contributed by atoms with Gasteiger partial charge in [0.1, 0.15) is 5.01 Å². The third-order valence-electron chi connectivity index (χ3n) is 3.94. The quantitative estimate of drug-likeness (QED) is 0.864. The molecular weight excluding hydrogens is 264 g/mol. The van der Waals surface area contributed by atoms with Gasteiger partial charge in [-0.05, 0) is 44.7 Å². The molecule has 1 fully saturated rings. The molecule has 0 spiro atoms. The number of benzene rings is 1. The van der Waals surface area contributed by atoms with Crippen LogP contribution in [0.4, 0.5) is 0 Å². The van der Waals surface area contributed by atoms with Crippen molar-refractivity contribution in [2.75, 3.05) is 6.54 Å². The lowest BCUT2D eigenvalue weighted by atomic mass is 10.1. The van der Waals surface area contributed by atoms with Crippen LogP contribution in [0.25, 0.3) is 10.6 Å². The molecule has 20 heavy (non-hydrogen) atoms. The maximum Gasteiger partial charge on any atom is 0.123 e. The van der Waals surface area contributed by atoms with Crippen molar-refractivity contribution in [2.45, 2.75) is 45.6 Å². The summed E-state index contributed by atoms with van der Waals surface area (Å²) >= 11 is 1.82. The van der Waals surface area contributed by atoms with Crippen molar-refractivity contribution in [3.05, 3.63) is 40.4 Å². The van der Waals surface area contributed by atoms with E-state index < -0.39 is 0 Å². The van der Waals surface area contributed by atoms with Crippen LogP contribution < -0.4 is 5.32 Å². The number of hydrogen-bond acceptors (Lipinski definition) is 3. The van der Waals surface area contributed by atoms with Crippen LogP contribution in [0.1, 0.15) is 54.8 Å². The van der Waals surface area contributed by atoms with Crippen molar-refractivity contribution in [1.29, 1.82) is 0 Å². The molecule has 1 aromatic heterocycles. The van der Waals surface area contributed by atoms with Gasteiger partial charge in [-0.15, -0.1) is 11.3 Å². The molecule has 1 aromatic carbocycles. The van der Waals surface area contributed by atoms with Gasteiger partial charge >= 0.3 is 0 Å². The molecule has 1 atom stereocenters. The van der Waals surface area contributed by atoms with Gasteiger partial charge in [0.25, 0.3) is 0 Å². The van der Waals surface area contributed by atoms with Crippen molar-refractivity contribution in [1.82, 2.24) is 10.3 Å². The topological polar surface area (TPSA) is 24.9 Å². The molecule has 0 radical (unpaired) electrons. The molecule has 1 saturated carbocycles. The summed E-state index contributed by atoms with van der Waals surface area (Å²) in [7, 11) is 0. The molecular formula is C17H22N2S. The zero-order valence-corrected chi connectivity index (χ0v) is 13.3. The van der Waals surface area contributed by atoms with Crippen LogP contribution in [0, 0.1) is 6.92 Å². The smallest absolute Gasteiger partial charge is 0.123 e. The van der Waals surface area contributed by atoms with Gasteiger partial charge in [-0.1, -0.05) is 31.2 Å². The molecule has 1 unspecified atom stereocenters. The van der Waals surface area contributed by atoms with Gasteiger partial charge in [0.05, 0.1) is 5.69 Å². The Labute approximate surface area is 125 Å². The van der Waals surface area contributed by atoms with Gasteiger partial charge in [-0.2, -0.15) is 0 Å². The number of nitrogens with zero attached hydrogens (tertiary/aromatic N) is 1. The highest BCUT2D eigenvalue weighted by Gasteiger charge is 2.23. The Morgan fingerprint density at radius 3 is 2.60 bits per heavy atom. The zero-order valence-electron chi connectivity index (χ0n) is 12.4. The summed E-state index contributed by atoms with van der Waals surface area (Å²) < 4.78 is 0. The van der Waals surface area contributed by atoms with E-state index in [1.165, 1.54) is 28.8 Å². The normalized spacial score (nSPS) is 16.4. The molecule has 1 heterocycles. The van der Waals surface area contributed by atoms with Crippen molar-refractivity contribution in [3.8, 4) is 10.6 Å². The standard InChI is InChI=1S/C17H22N2S/c1-4-18-11(2)16-12(3)19-17(20-16)15-9-7-14(8-10-15)13-5-6-13/h7-11,13,18H,4-6H2,1-3H3. The van der Waals surface area contributed by atoms with E-state index in [0.717, 1.165) is 23.2 Å².